The molecule has 122 valence electrons. The first-order chi connectivity index (χ1) is 11.0. The zero-order chi connectivity index (χ0) is 16.8. The molecule has 1 unspecified atom stereocenters. The molecule has 0 aromatic heterocycles. The molecule has 2 rings (SSSR count). The number of ether oxygens (including phenoxy) is 2. The maximum absolute atomic E-state index is 12.2. The second-order valence-electron chi connectivity index (χ2n) is 5.17. The van der Waals surface area contributed by atoms with Crippen molar-refractivity contribution in [2.45, 2.75) is 19.4 Å². The van der Waals surface area contributed by atoms with Gasteiger partial charge in [-0.25, -0.2) is 0 Å². The first-order valence-corrected chi connectivity index (χ1v) is 7.67. The normalized spacial score (nSPS) is 11.7. The Morgan fingerprint density at radius 2 is 1.83 bits per heavy atom. The van der Waals surface area contributed by atoms with Gasteiger partial charge in [-0.2, -0.15) is 0 Å². The largest absolute Gasteiger partial charge is 0.493 e. The van der Waals surface area contributed by atoms with Crippen molar-refractivity contribution in [3.8, 4) is 11.5 Å². The number of benzene rings is 2. The summed E-state index contributed by atoms with van der Waals surface area (Å²) < 4.78 is 10.5. The van der Waals surface area contributed by atoms with Gasteiger partial charge in [0.1, 0.15) is 0 Å². The van der Waals surface area contributed by atoms with E-state index in [-0.39, 0.29) is 18.4 Å². The van der Waals surface area contributed by atoms with E-state index in [1.807, 2.05) is 43.3 Å². The molecule has 0 fully saturated rings. The fourth-order valence-corrected chi connectivity index (χ4v) is 2.52. The van der Waals surface area contributed by atoms with E-state index in [1.165, 1.54) is 0 Å². The molecule has 0 saturated carbocycles. The van der Waals surface area contributed by atoms with Gasteiger partial charge in [0.05, 0.1) is 26.7 Å². The molecular weight excluding hydrogens is 314 g/mol. The van der Waals surface area contributed by atoms with Gasteiger partial charge in [0.15, 0.2) is 11.5 Å². The number of carbonyl (C=O) groups is 1. The van der Waals surface area contributed by atoms with Gasteiger partial charge in [0.2, 0.25) is 5.91 Å². The Labute approximate surface area is 141 Å². The van der Waals surface area contributed by atoms with Crippen LogP contribution in [0.5, 0.6) is 11.5 Å². The van der Waals surface area contributed by atoms with Crippen LogP contribution >= 0.6 is 11.6 Å². The van der Waals surface area contributed by atoms with Crippen LogP contribution < -0.4 is 14.8 Å². The Morgan fingerprint density at radius 3 is 2.48 bits per heavy atom. The van der Waals surface area contributed by atoms with E-state index in [4.69, 9.17) is 21.1 Å². The predicted octanol–water partition coefficient (Wildman–Crippen LogP) is 3.78. The van der Waals surface area contributed by atoms with E-state index in [0.717, 1.165) is 11.1 Å². The minimum atomic E-state index is -0.148. The van der Waals surface area contributed by atoms with Gasteiger partial charge in [0, 0.05) is 5.02 Å². The average Bonchev–Trinajstić information content (AvgIpc) is 2.56. The van der Waals surface area contributed by atoms with Crippen molar-refractivity contribution in [1.29, 1.82) is 0 Å². The van der Waals surface area contributed by atoms with Crippen molar-refractivity contribution < 1.29 is 14.3 Å². The van der Waals surface area contributed by atoms with Crippen LogP contribution in [0.4, 0.5) is 0 Å². The molecule has 2 aromatic carbocycles. The van der Waals surface area contributed by atoms with Gasteiger partial charge in [-0.3, -0.25) is 4.79 Å². The van der Waals surface area contributed by atoms with Gasteiger partial charge in [-0.05, 0) is 36.2 Å². The Hall–Kier alpha value is -2.20. The second-order valence-corrected chi connectivity index (χ2v) is 5.58. The summed E-state index contributed by atoms with van der Waals surface area (Å²) in [5.41, 5.74) is 1.75. The molecule has 23 heavy (non-hydrogen) atoms. The van der Waals surface area contributed by atoms with E-state index in [0.29, 0.717) is 16.5 Å². The first kappa shape index (κ1) is 17.2. The Balaban J connectivity index is 2.05. The van der Waals surface area contributed by atoms with Crippen LogP contribution in [-0.2, 0) is 11.2 Å². The SMILES string of the molecule is COc1ccc(C(C)NC(=O)Cc2ccccc2Cl)cc1OC. The monoisotopic (exact) mass is 333 g/mol. The molecule has 0 heterocycles. The lowest BCUT2D eigenvalue weighted by Gasteiger charge is -2.17. The van der Waals surface area contributed by atoms with Crippen molar-refractivity contribution >= 4 is 17.5 Å². The summed E-state index contributed by atoms with van der Waals surface area (Å²) >= 11 is 6.08. The highest BCUT2D eigenvalue weighted by atomic mass is 35.5. The van der Waals surface area contributed by atoms with Gasteiger partial charge in [0.25, 0.3) is 0 Å². The van der Waals surface area contributed by atoms with Crippen molar-refractivity contribution in [3.63, 3.8) is 0 Å². The molecule has 0 aliphatic carbocycles. The summed E-state index contributed by atoms with van der Waals surface area (Å²) in [6, 6.07) is 12.8. The van der Waals surface area contributed by atoms with E-state index < -0.39 is 0 Å². The molecule has 1 amide bonds. The van der Waals surface area contributed by atoms with Crippen LogP contribution in [0.2, 0.25) is 5.02 Å². The summed E-state index contributed by atoms with van der Waals surface area (Å²) in [5.74, 6) is 1.21. The van der Waals surface area contributed by atoms with Crippen molar-refractivity contribution in [3.05, 3.63) is 58.6 Å². The Morgan fingerprint density at radius 1 is 1.13 bits per heavy atom. The van der Waals surface area contributed by atoms with Crippen molar-refractivity contribution in [2.24, 2.45) is 0 Å². The van der Waals surface area contributed by atoms with Crippen LogP contribution in [0.3, 0.4) is 0 Å². The van der Waals surface area contributed by atoms with E-state index in [9.17, 15) is 4.79 Å². The fraction of sp³-hybridized carbons (Fsp3) is 0.278. The highest BCUT2D eigenvalue weighted by Crippen LogP contribution is 2.29. The van der Waals surface area contributed by atoms with Gasteiger partial charge < -0.3 is 14.8 Å². The molecule has 0 saturated heterocycles. The molecule has 0 bridgehead atoms. The van der Waals surface area contributed by atoms with Crippen molar-refractivity contribution in [2.75, 3.05) is 14.2 Å². The summed E-state index contributed by atoms with van der Waals surface area (Å²) in [6.07, 6.45) is 0.247. The average molecular weight is 334 g/mol. The third-order valence-electron chi connectivity index (χ3n) is 3.59. The number of halogens is 1. The van der Waals surface area contributed by atoms with Crippen LogP contribution in [0.15, 0.2) is 42.5 Å². The Kier molecular flexibility index (Phi) is 5.88. The summed E-state index contributed by atoms with van der Waals surface area (Å²) in [6.45, 7) is 1.92. The minimum absolute atomic E-state index is 0.0830. The molecule has 0 aliphatic heterocycles. The summed E-state index contributed by atoms with van der Waals surface area (Å²) in [7, 11) is 3.18. The lowest BCUT2D eigenvalue weighted by Crippen LogP contribution is -2.28. The van der Waals surface area contributed by atoms with Gasteiger partial charge in [-0.1, -0.05) is 35.9 Å². The molecular formula is C18H20ClNO3. The molecule has 4 nitrogen and oxygen atoms in total. The van der Waals surface area contributed by atoms with Crippen LogP contribution in [0.25, 0.3) is 0 Å². The number of hydrogen-bond donors (Lipinski definition) is 1. The van der Waals surface area contributed by atoms with E-state index in [2.05, 4.69) is 5.32 Å². The molecule has 0 aliphatic rings. The topological polar surface area (TPSA) is 47.6 Å². The van der Waals surface area contributed by atoms with Crippen molar-refractivity contribution in [1.82, 2.24) is 5.32 Å². The highest BCUT2D eigenvalue weighted by molar-refractivity contribution is 6.31. The number of amides is 1. The van der Waals surface area contributed by atoms with Crippen LogP contribution in [-0.4, -0.2) is 20.1 Å². The zero-order valence-electron chi connectivity index (χ0n) is 13.4. The van der Waals surface area contributed by atoms with Gasteiger partial charge >= 0.3 is 0 Å². The zero-order valence-corrected chi connectivity index (χ0v) is 14.2. The highest BCUT2D eigenvalue weighted by Gasteiger charge is 2.14. The second kappa shape index (κ2) is 7.88. The van der Waals surface area contributed by atoms with Crippen LogP contribution in [0, 0.1) is 0 Å². The lowest BCUT2D eigenvalue weighted by atomic mass is 10.1. The van der Waals surface area contributed by atoms with E-state index >= 15 is 0 Å². The van der Waals surface area contributed by atoms with E-state index in [1.54, 1.807) is 20.3 Å². The third kappa shape index (κ3) is 4.39. The summed E-state index contributed by atoms with van der Waals surface area (Å²) in [5, 5.41) is 3.57. The summed E-state index contributed by atoms with van der Waals surface area (Å²) in [4.78, 5) is 12.2. The number of carbonyl (C=O) groups excluding carboxylic acids is 1. The maximum atomic E-state index is 12.2. The molecule has 1 atom stereocenters. The molecule has 5 heteroatoms. The maximum Gasteiger partial charge on any atom is 0.224 e. The molecule has 2 aromatic rings. The standard InChI is InChI=1S/C18H20ClNO3/c1-12(13-8-9-16(22-2)17(10-13)23-3)20-18(21)11-14-6-4-5-7-15(14)19/h4-10,12H,11H2,1-3H3,(H,20,21). The third-order valence-corrected chi connectivity index (χ3v) is 3.96. The quantitative estimate of drug-likeness (QED) is 0.875. The molecule has 1 N–H and O–H groups in total. The number of hydrogen-bond acceptors (Lipinski definition) is 3. The smallest absolute Gasteiger partial charge is 0.224 e. The predicted molar refractivity (Wildman–Crippen MR) is 91.3 cm³/mol. The number of methoxy groups -OCH3 is 2. The first-order valence-electron chi connectivity index (χ1n) is 7.30. The number of rotatable bonds is 6. The lowest BCUT2D eigenvalue weighted by molar-refractivity contribution is -0.121. The van der Waals surface area contributed by atoms with Crippen LogP contribution in [0.1, 0.15) is 24.1 Å². The number of nitrogens with one attached hydrogen (secondary N) is 1. The molecule has 0 radical (unpaired) electrons. The fourth-order valence-electron chi connectivity index (χ4n) is 2.31. The van der Waals surface area contributed by atoms with Gasteiger partial charge in [-0.15, -0.1) is 0 Å². The minimum Gasteiger partial charge on any atom is -0.493 e. The molecule has 0 spiro atoms. The Bertz CT molecular complexity index is 688.